The van der Waals surface area contributed by atoms with Crippen LogP contribution < -0.4 is 0 Å². The minimum absolute atomic E-state index is 0.908. The number of hydrogen-bond donors (Lipinski definition) is 0. The molecule has 0 fully saturated rings. The summed E-state index contributed by atoms with van der Waals surface area (Å²) in [6, 6.07) is 10.9. The molecule has 0 saturated carbocycles. The number of hydrogen-bond acceptors (Lipinski definition) is 3. The lowest BCUT2D eigenvalue weighted by molar-refractivity contribution is 1.18. The van der Waals surface area contributed by atoms with Crippen molar-refractivity contribution in [2.45, 2.75) is 28.9 Å². The fraction of sp³-hybridized carbons (Fsp3) is 0.214. The molecule has 0 amide bonds. The van der Waals surface area contributed by atoms with E-state index in [-0.39, 0.29) is 0 Å². The minimum atomic E-state index is 0.908. The van der Waals surface area contributed by atoms with Crippen molar-refractivity contribution in [1.82, 2.24) is 0 Å². The Kier molecular flexibility index (Phi) is 3.07. The number of benzene rings is 1. The van der Waals surface area contributed by atoms with E-state index in [1.807, 2.05) is 23.1 Å². The average molecular weight is 276 g/mol. The Morgan fingerprint density at radius 3 is 2.94 bits per heavy atom. The topological polar surface area (TPSA) is 0 Å². The summed E-state index contributed by atoms with van der Waals surface area (Å²) in [6.45, 7) is 2.20. The molecular formula is C14H12S3. The third kappa shape index (κ3) is 2.07. The van der Waals surface area contributed by atoms with E-state index in [0.29, 0.717) is 0 Å². The van der Waals surface area contributed by atoms with Crippen molar-refractivity contribution in [2.24, 2.45) is 0 Å². The van der Waals surface area contributed by atoms with Crippen LogP contribution in [0.1, 0.15) is 22.9 Å². The molecule has 3 rings (SSSR count). The van der Waals surface area contributed by atoms with Crippen LogP contribution in [0, 0.1) is 0 Å². The van der Waals surface area contributed by atoms with Crippen LogP contribution in [0.5, 0.6) is 0 Å². The molecule has 86 valence electrons. The molecule has 2 aromatic rings. The SMILES string of the molecule is CCc1cc2c(s1)Sc1ccccc1CC2=S. The summed E-state index contributed by atoms with van der Waals surface area (Å²) >= 11 is 9.34. The van der Waals surface area contributed by atoms with Crippen LogP contribution in [0.25, 0.3) is 0 Å². The van der Waals surface area contributed by atoms with Gasteiger partial charge in [-0.1, -0.05) is 49.1 Å². The summed E-state index contributed by atoms with van der Waals surface area (Å²) in [5.41, 5.74) is 2.66. The quantitative estimate of drug-likeness (QED) is 0.690. The van der Waals surface area contributed by atoms with Crippen LogP contribution >= 0.6 is 35.3 Å². The third-order valence-corrected chi connectivity index (χ3v) is 5.89. The van der Waals surface area contributed by atoms with Crippen molar-refractivity contribution in [1.29, 1.82) is 0 Å². The Morgan fingerprint density at radius 1 is 1.29 bits per heavy atom. The highest BCUT2D eigenvalue weighted by Crippen LogP contribution is 2.42. The molecular weight excluding hydrogens is 264 g/mol. The molecule has 0 radical (unpaired) electrons. The van der Waals surface area contributed by atoms with Gasteiger partial charge in [-0.3, -0.25) is 0 Å². The van der Waals surface area contributed by atoms with Gasteiger partial charge in [0.05, 0.1) is 4.21 Å². The van der Waals surface area contributed by atoms with Gasteiger partial charge in [0.15, 0.2) is 0 Å². The summed E-state index contributed by atoms with van der Waals surface area (Å²) in [4.78, 5) is 3.88. The molecule has 0 nitrogen and oxygen atoms in total. The van der Waals surface area contributed by atoms with Gasteiger partial charge in [-0.05, 0) is 24.1 Å². The second kappa shape index (κ2) is 4.56. The third-order valence-electron chi connectivity index (χ3n) is 2.92. The van der Waals surface area contributed by atoms with Crippen molar-refractivity contribution in [2.75, 3.05) is 0 Å². The number of aryl methyl sites for hydroxylation is 1. The van der Waals surface area contributed by atoms with Crippen LogP contribution in [-0.2, 0) is 12.8 Å². The van der Waals surface area contributed by atoms with Crippen LogP contribution in [-0.4, -0.2) is 4.86 Å². The standard InChI is InChI=1S/C14H12S3/c1-2-10-8-11-12(15)7-9-5-3-4-6-13(9)17-14(11)16-10/h3-6,8H,2,7H2,1H3. The van der Waals surface area contributed by atoms with E-state index in [9.17, 15) is 0 Å². The van der Waals surface area contributed by atoms with Gasteiger partial charge in [-0.25, -0.2) is 0 Å². The summed E-state index contributed by atoms with van der Waals surface area (Å²) in [5, 5.41) is 0. The molecule has 0 N–H and O–H groups in total. The number of fused-ring (bicyclic) bond motifs is 2. The maximum Gasteiger partial charge on any atom is 0.0733 e. The van der Waals surface area contributed by atoms with E-state index in [1.165, 1.54) is 25.1 Å². The zero-order valence-electron chi connectivity index (χ0n) is 9.53. The largest absolute Gasteiger partial charge is 0.133 e. The van der Waals surface area contributed by atoms with Gasteiger partial charge in [0, 0.05) is 26.6 Å². The first-order chi connectivity index (χ1) is 8.28. The van der Waals surface area contributed by atoms with Crippen molar-refractivity contribution in [3.8, 4) is 0 Å². The lowest BCUT2D eigenvalue weighted by Gasteiger charge is -2.03. The highest BCUT2D eigenvalue weighted by molar-refractivity contribution is 8.01. The Balaban J connectivity index is 2.12. The monoisotopic (exact) mass is 276 g/mol. The van der Waals surface area contributed by atoms with Crippen molar-refractivity contribution in [3.63, 3.8) is 0 Å². The highest BCUT2D eigenvalue weighted by atomic mass is 32.2. The molecule has 17 heavy (non-hydrogen) atoms. The molecule has 3 heteroatoms. The molecule has 0 spiro atoms. The first kappa shape index (κ1) is 11.5. The number of thiophene rings is 1. The van der Waals surface area contributed by atoms with Crippen molar-refractivity contribution < 1.29 is 0 Å². The summed E-state index contributed by atoms with van der Waals surface area (Å²) < 4.78 is 1.37. The summed E-state index contributed by atoms with van der Waals surface area (Å²) in [5.74, 6) is 0. The van der Waals surface area contributed by atoms with Gasteiger partial charge in [0.1, 0.15) is 0 Å². The number of rotatable bonds is 1. The Labute approximate surface area is 115 Å². The first-order valence-electron chi connectivity index (χ1n) is 5.69. The lowest BCUT2D eigenvalue weighted by Crippen LogP contribution is -1.99. The van der Waals surface area contributed by atoms with Gasteiger partial charge in [-0.2, -0.15) is 0 Å². The van der Waals surface area contributed by atoms with Gasteiger partial charge < -0.3 is 0 Å². The molecule has 0 unspecified atom stereocenters. The molecule has 2 heterocycles. The summed E-state index contributed by atoms with van der Waals surface area (Å²) in [6.07, 6.45) is 2.01. The second-order valence-electron chi connectivity index (χ2n) is 4.08. The molecule has 0 atom stereocenters. The minimum Gasteiger partial charge on any atom is -0.133 e. The predicted molar refractivity (Wildman–Crippen MR) is 79.7 cm³/mol. The lowest BCUT2D eigenvalue weighted by atomic mass is 10.1. The average Bonchev–Trinajstić information content (AvgIpc) is 2.69. The smallest absolute Gasteiger partial charge is 0.0733 e. The zero-order valence-corrected chi connectivity index (χ0v) is 12.0. The van der Waals surface area contributed by atoms with Crippen LogP contribution in [0.15, 0.2) is 39.4 Å². The van der Waals surface area contributed by atoms with Crippen LogP contribution in [0.3, 0.4) is 0 Å². The molecule has 1 aliphatic heterocycles. The van der Waals surface area contributed by atoms with Crippen LogP contribution in [0.2, 0.25) is 0 Å². The van der Waals surface area contributed by atoms with E-state index >= 15 is 0 Å². The molecule has 1 aromatic carbocycles. The Morgan fingerprint density at radius 2 is 2.12 bits per heavy atom. The Bertz CT molecular complexity index is 581. The fourth-order valence-electron chi connectivity index (χ4n) is 1.99. The molecule has 0 aliphatic carbocycles. The van der Waals surface area contributed by atoms with E-state index in [2.05, 4.69) is 37.3 Å². The second-order valence-corrected chi connectivity index (χ2v) is 7.02. The van der Waals surface area contributed by atoms with E-state index in [1.54, 1.807) is 0 Å². The normalized spacial score (nSPS) is 14.1. The molecule has 1 aliphatic rings. The van der Waals surface area contributed by atoms with Gasteiger partial charge in [0.25, 0.3) is 0 Å². The molecule has 1 aromatic heterocycles. The van der Waals surface area contributed by atoms with Crippen LogP contribution in [0.4, 0.5) is 0 Å². The van der Waals surface area contributed by atoms with E-state index < -0.39 is 0 Å². The molecule has 0 bridgehead atoms. The van der Waals surface area contributed by atoms with Gasteiger partial charge >= 0.3 is 0 Å². The predicted octanol–water partition coefficient (Wildman–Crippen LogP) is 4.74. The molecule has 0 saturated heterocycles. The summed E-state index contributed by atoms with van der Waals surface area (Å²) in [7, 11) is 0. The maximum absolute atomic E-state index is 5.58. The highest BCUT2D eigenvalue weighted by Gasteiger charge is 2.19. The zero-order chi connectivity index (χ0) is 11.8. The first-order valence-corrected chi connectivity index (χ1v) is 7.73. The van der Waals surface area contributed by atoms with E-state index in [4.69, 9.17) is 12.2 Å². The number of thiocarbonyl (C=S) groups is 1. The maximum atomic E-state index is 5.58. The van der Waals surface area contributed by atoms with Gasteiger partial charge in [0.2, 0.25) is 0 Å². The van der Waals surface area contributed by atoms with Crippen molar-refractivity contribution >= 4 is 40.2 Å². The van der Waals surface area contributed by atoms with Crippen molar-refractivity contribution in [3.05, 3.63) is 46.3 Å². The van der Waals surface area contributed by atoms with E-state index in [0.717, 1.165) is 17.7 Å². The van der Waals surface area contributed by atoms with Gasteiger partial charge in [-0.15, -0.1) is 11.3 Å². The fourth-order valence-corrected chi connectivity index (χ4v) is 4.95. The Hall–Kier alpha value is -0.640.